The van der Waals surface area contributed by atoms with Crippen molar-refractivity contribution in [2.24, 2.45) is 0 Å². The van der Waals surface area contributed by atoms with E-state index in [1.54, 1.807) is 0 Å². The average Bonchev–Trinajstić information content (AvgIpc) is 2.62. The van der Waals surface area contributed by atoms with E-state index in [1.165, 1.54) is 10.4 Å². The van der Waals surface area contributed by atoms with Crippen LogP contribution in [0.4, 0.5) is 0 Å². The Hall–Kier alpha value is -0.380. The largest absolute Gasteiger partial charge is 0.375 e. The molecule has 1 aromatic heterocycles. The lowest BCUT2D eigenvalue weighted by Gasteiger charge is -2.37. The maximum absolute atomic E-state index is 5.75. The Kier molecular flexibility index (Phi) is 3.91. The summed E-state index contributed by atoms with van der Waals surface area (Å²) in [5.74, 6) is 0. The van der Waals surface area contributed by atoms with Crippen molar-refractivity contribution in [3.63, 3.8) is 0 Å². The van der Waals surface area contributed by atoms with Gasteiger partial charge in [-0.3, -0.25) is 0 Å². The van der Waals surface area contributed by atoms with E-state index in [0.29, 0.717) is 12.1 Å². The monoisotopic (exact) mass is 253 g/mol. The Morgan fingerprint density at radius 1 is 1.53 bits per heavy atom. The molecule has 2 unspecified atom stereocenters. The molecule has 3 heteroatoms. The summed E-state index contributed by atoms with van der Waals surface area (Å²) >= 11 is 1.85. The first-order chi connectivity index (χ1) is 7.98. The van der Waals surface area contributed by atoms with Gasteiger partial charge in [0.25, 0.3) is 0 Å². The summed E-state index contributed by atoms with van der Waals surface area (Å²) in [7, 11) is 0. The van der Waals surface area contributed by atoms with E-state index in [0.717, 1.165) is 19.4 Å². The summed E-state index contributed by atoms with van der Waals surface area (Å²) in [6.07, 6.45) is 2.22. The van der Waals surface area contributed by atoms with Gasteiger partial charge >= 0.3 is 0 Å². The number of thiophene rings is 1. The summed E-state index contributed by atoms with van der Waals surface area (Å²) in [5, 5.41) is 5.93. The summed E-state index contributed by atoms with van der Waals surface area (Å²) in [6.45, 7) is 9.70. The van der Waals surface area contributed by atoms with Crippen molar-refractivity contribution in [2.45, 2.75) is 58.2 Å². The lowest BCUT2D eigenvalue weighted by molar-refractivity contribution is -0.0639. The first-order valence-electron chi connectivity index (χ1n) is 6.42. The molecule has 0 saturated carbocycles. The van der Waals surface area contributed by atoms with Crippen LogP contribution >= 0.6 is 11.3 Å². The summed E-state index contributed by atoms with van der Waals surface area (Å²) in [6, 6.07) is 3.23. The summed E-state index contributed by atoms with van der Waals surface area (Å²) < 4.78 is 5.75. The minimum atomic E-state index is 0.0279. The second kappa shape index (κ2) is 5.09. The number of nitrogens with one attached hydrogen (secondary N) is 1. The predicted octanol–water partition coefficient (Wildman–Crippen LogP) is 3.66. The highest BCUT2D eigenvalue weighted by Crippen LogP contribution is 2.28. The molecule has 2 nitrogen and oxygen atoms in total. The minimum absolute atomic E-state index is 0.0279. The predicted molar refractivity (Wildman–Crippen MR) is 73.7 cm³/mol. The van der Waals surface area contributed by atoms with Crippen molar-refractivity contribution in [1.29, 1.82) is 0 Å². The van der Waals surface area contributed by atoms with Gasteiger partial charge in [-0.2, -0.15) is 0 Å². The lowest BCUT2D eigenvalue weighted by Crippen LogP contribution is -2.44. The fraction of sp³-hybridized carbons (Fsp3) is 0.714. The molecule has 2 atom stereocenters. The Labute approximate surface area is 108 Å². The summed E-state index contributed by atoms with van der Waals surface area (Å²) in [4.78, 5) is 1.47. The van der Waals surface area contributed by atoms with Crippen LogP contribution in [0.1, 0.15) is 50.1 Å². The van der Waals surface area contributed by atoms with Gasteiger partial charge in [0.2, 0.25) is 0 Å². The molecule has 1 aliphatic rings. The number of ether oxygens (including phenoxy) is 1. The topological polar surface area (TPSA) is 21.3 Å². The smallest absolute Gasteiger partial charge is 0.0641 e. The third kappa shape index (κ3) is 3.30. The van der Waals surface area contributed by atoms with Gasteiger partial charge in [0.15, 0.2) is 0 Å². The van der Waals surface area contributed by atoms with Gasteiger partial charge in [-0.1, -0.05) is 0 Å². The molecule has 0 aliphatic carbocycles. The van der Waals surface area contributed by atoms with Crippen molar-refractivity contribution in [2.75, 3.05) is 6.61 Å². The Balaban J connectivity index is 1.95. The highest BCUT2D eigenvalue weighted by Gasteiger charge is 2.29. The van der Waals surface area contributed by atoms with Gasteiger partial charge in [-0.05, 0) is 57.5 Å². The van der Waals surface area contributed by atoms with E-state index >= 15 is 0 Å². The molecule has 0 aromatic carbocycles. The van der Waals surface area contributed by atoms with Gasteiger partial charge in [0.05, 0.1) is 5.60 Å². The molecule has 0 amide bonds. The van der Waals surface area contributed by atoms with Gasteiger partial charge in [0, 0.05) is 23.6 Å². The van der Waals surface area contributed by atoms with Crippen LogP contribution in [0.3, 0.4) is 0 Å². The minimum Gasteiger partial charge on any atom is -0.375 e. The first-order valence-corrected chi connectivity index (χ1v) is 7.30. The third-order valence-corrected chi connectivity index (χ3v) is 4.68. The second-order valence-corrected chi connectivity index (χ2v) is 6.60. The summed E-state index contributed by atoms with van der Waals surface area (Å²) in [5.41, 5.74) is 1.43. The molecular weight excluding hydrogens is 230 g/mol. The zero-order valence-electron chi connectivity index (χ0n) is 11.2. The van der Waals surface area contributed by atoms with Crippen molar-refractivity contribution >= 4 is 11.3 Å². The maximum Gasteiger partial charge on any atom is 0.0641 e. The Morgan fingerprint density at radius 3 is 2.88 bits per heavy atom. The zero-order chi connectivity index (χ0) is 12.5. The van der Waals surface area contributed by atoms with E-state index in [9.17, 15) is 0 Å². The molecular formula is C14H23NOS. The van der Waals surface area contributed by atoms with Crippen LogP contribution in [0.15, 0.2) is 11.4 Å². The SMILES string of the molecule is Cc1ccsc1C(C)NC1CCOC(C)(C)C1. The van der Waals surface area contributed by atoms with Gasteiger partial charge in [0.1, 0.15) is 0 Å². The van der Waals surface area contributed by atoms with E-state index in [4.69, 9.17) is 4.74 Å². The molecule has 0 radical (unpaired) electrons. The molecule has 1 saturated heterocycles. The lowest BCUT2D eigenvalue weighted by atomic mass is 9.93. The van der Waals surface area contributed by atoms with Crippen molar-refractivity contribution in [3.05, 3.63) is 21.9 Å². The molecule has 0 bridgehead atoms. The van der Waals surface area contributed by atoms with Gasteiger partial charge in [-0.15, -0.1) is 11.3 Å². The molecule has 1 aromatic rings. The molecule has 1 aliphatic heterocycles. The Bertz CT molecular complexity index is 372. The normalized spacial score (nSPS) is 25.8. The van der Waals surface area contributed by atoms with Crippen molar-refractivity contribution in [1.82, 2.24) is 5.32 Å². The van der Waals surface area contributed by atoms with Crippen LogP contribution in [0, 0.1) is 6.92 Å². The molecule has 2 rings (SSSR count). The first kappa shape index (κ1) is 13.1. The van der Waals surface area contributed by atoms with Crippen LogP contribution in [0.5, 0.6) is 0 Å². The molecule has 17 heavy (non-hydrogen) atoms. The Morgan fingerprint density at radius 2 is 2.29 bits per heavy atom. The highest BCUT2D eigenvalue weighted by molar-refractivity contribution is 7.10. The maximum atomic E-state index is 5.75. The van der Waals surface area contributed by atoms with Gasteiger partial charge in [-0.25, -0.2) is 0 Å². The quantitative estimate of drug-likeness (QED) is 0.887. The molecule has 2 heterocycles. The number of hydrogen-bond acceptors (Lipinski definition) is 3. The number of hydrogen-bond donors (Lipinski definition) is 1. The van der Waals surface area contributed by atoms with E-state index in [2.05, 4.69) is 44.5 Å². The van der Waals surface area contributed by atoms with E-state index < -0.39 is 0 Å². The van der Waals surface area contributed by atoms with Crippen LogP contribution in [-0.4, -0.2) is 18.2 Å². The number of aryl methyl sites for hydroxylation is 1. The molecule has 0 spiro atoms. The third-order valence-electron chi connectivity index (χ3n) is 3.48. The number of rotatable bonds is 3. The van der Waals surface area contributed by atoms with Crippen LogP contribution in [0.2, 0.25) is 0 Å². The molecule has 96 valence electrons. The van der Waals surface area contributed by atoms with E-state index in [-0.39, 0.29) is 5.60 Å². The highest BCUT2D eigenvalue weighted by atomic mass is 32.1. The zero-order valence-corrected chi connectivity index (χ0v) is 12.1. The van der Waals surface area contributed by atoms with Crippen LogP contribution < -0.4 is 5.32 Å². The standard InChI is InChI=1S/C14H23NOS/c1-10-6-8-17-13(10)11(2)15-12-5-7-16-14(3,4)9-12/h6,8,11-12,15H,5,7,9H2,1-4H3. The van der Waals surface area contributed by atoms with Crippen molar-refractivity contribution in [3.8, 4) is 0 Å². The molecule has 1 N–H and O–H groups in total. The van der Waals surface area contributed by atoms with E-state index in [1.807, 2.05) is 11.3 Å². The average molecular weight is 253 g/mol. The van der Waals surface area contributed by atoms with Gasteiger partial charge < -0.3 is 10.1 Å². The van der Waals surface area contributed by atoms with Crippen molar-refractivity contribution < 1.29 is 4.74 Å². The fourth-order valence-corrected chi connectivity index (χ4v) is 3.58. The fourth-order valence-electron chi connectivity index (χ4n) is 2.63. The second-order valence-electron chi connectivity index (χ2n) is 5.65. The van der Waals surface area contributed by atoms with Crippen LogP contribution in [-0.2, 0) is 4.74 Å². The molecule has 1 fully saturated rings. The van der Waals surface area contributed by atoms with Crippen LogP contribution in [0.25, 0.3) is 0 Å².